The van der Waals surface area contributed by atoms with Crippen LogP contribution >= 0.6 is 11.6 Å². The SMILES string of the molecule is CCC(N)Cc1ccc(N2CCC(C)(C)CC2)cc1Cl. The van der Waals surface area contributed by atoms with E-state index >= 15 is 0 Å². The molecule has 1 heterocycles. The van der Waals surface area contributed by atoms with Crippen LogP contribution in [0.25, 0.3) is 0 Å². The van der Waals surface area contributed by atoms with Gasteiger partial charge in [0, 0.05) is 29.8 Å². The van der Waals surface area contributed by atoms with Crippen molar-refractivity contribution in [3.05, 3.63) is 28.8 Å². The van der Waals surface area contributed by atoms with Crippen LogP contribution in [0, 0.1) is 5.41 Å². The first kappa shape index (κ1) is 15.7. The average Bonchev–Trinajstić information content (AvgIpc) is 2.41. The van der Waals surface area contributed by atoms with E-state index in [1.807, 2.05) is 0 Å². The summed E-state index contributed by atoms with van der Waals surface area (Å²) < 4.78 is 0. The van der Waals surface area contributed by atoms with Crippen LogP contribution < -0.4 is 10.6 Å². The second-order valence-electron chi connectivity index (χ2n) is 6.80. The Morgan fingerprint density at radius 3 is 2.50 bits per heavy atom. The van der Waals surface area contributed by atoms with Crippen molar-refractivity contribution >= 4 is 17.3 Å². The number of hydrogen-bond donors (Lipinski definition) is 1. The molecular weight excluding hydrogens is 268 g/mol. The van der Waals surface area contributed by atoms with E-state index in [4.69, 9.17) is 17.3 Å². The van der Waals surface area contributed by atoms with Gasteiger partial charge in [-0.1, -0.05) is 38.4 Å². The molecule has 1 saturated heterocycles. The summed E-state index contributed by atoms with van der Waals surface area (Å²) in [6.07, 6.45) is 4.34. The fourth-order valence-corrected chi connectivity index (χ4v) is 2.95. The molecule has 2 N–H and O–H groups in total. The zero-order valence-electron chi connectivity index (χ0n) is 13.0. The molecule has 0 aliphatic carbocycles. The Hall–Kier alpha value is -0.730. The summed E-state index contributed by atoms with van der Waals surface area (Å²) in [4.78, 5) is 2.45. The number of benzene rings is 1. The van der Waals surface area contributed by atoms with Gasteiger partial charge in [-0.15, -0.1) is 0 Å². The Morgan fingerprint density at radius 1 is 1.30 bits per heavy atom. The number of nitrogens with zero attached hydrogens (tertiary/aromatic N) is 1. The maximum atomic E-state index is 6.42. The molecule has 1 aromatic carbocycles. The minimum absolute atomic E-state index is 0.203. The summed E-state index contributed by atoms with van der Waals surface area (Å²) in [5.74, 6) is 0. The van der Waals surface area contributed by atoms with Gasteiger partial charge < -0.3 is 10.6 Å². The van der Waals surface area contributed by atoms with E-state index < -0.39 is 0 Å². The van der Waals surface area contributed by atoms with Crippen molar-refractivity contribution in [1.29, 1.82) is 0 Å². The van der Waals surface area contributed by atoms with Gasteiger partial charge in [-0.05, 0) is 48.8 Å². The summed E-state index contributed by atoms with van der Waals surface area (Å²) in [6.45, 7) is 9.07. The molecule has 2 nitrogen and oxygen atoms in total. The number of halogens is 1. The third-order valence-corrected chi connectivity index (χ3v) is 4.88. The van der Waals surface area contributed by atoms with E-state index in [0.29, 0.717) is 5.41 Å². The van der Waals surface area contributed by atoms with Gasteiger partial charge in [-0.3, -0.25) is 0 Å². The van der Waals surface area contributed by atoms with Gasteiger partial charge in [0.2, 0.25) is 0 Å². The fraction of sp³-hybridized carbons (Fsp3) is 0.647. The highest BCUT2D eigenvalue weighted by Crippen LogP contribution is 2.33. The van der Waals surface area contributed by atoms with Gasteiger partial charge in [0.1, 0.15) is 0 Å². The highest BCUT2D eigenvalue weighted by Gasteiger charge is 2.25. The maximum absolute atomic E-state index is 6.42. The predicted molar refractivity (Wildman–Crippen MR) is 88.7 cm³/mol. The molecule has 1 aliphatic rings. The highest BCUT2D eigenvalue weighted by atomic mass is 35.5. The molecule has 2 rings (SSSR count). The largest absolute Gasteiger partial charge is 0.371 e. The minimum Gasteiger partial charge on any atom is -0.371 e. The van der Waals surface area contributed by atoms with E-state index in [-0.39, 0.29) is 6.04 Å². The summed E-state index contributed by atoms with van der Waals surface area (Å²) in [7, 11) is 0. The lowest BCUT2D eigenvalue weighted by atomic mass is 9.82. The molecule has 112 valence electrons. The van der Waals surface area contributed by atoms with Crippen molar-refractivity contribution in [2.24, 2.45) is 11.1 Å². The Kier molecular flexibility index (Phi) is 4.98. The van der Waals surface area contributed by atoms with Crippen LogP contribution in [0.5, 0.6) is 0 Å². The first-order chi connectivity index (χ1) is 9.41. The van der Waals surface area contributed by atoms with Gasteiger partial charge in [-0.25, -0.2) is 0 Å². The predicted octanol–water partition coefficient (Wildman–Crippen LogP) is 4.25. The molecule has 0 spiro atoms. The second kappa shape index (κ2) is 6.36. The summed E-state index contributed by atoms with van der Waals surface area (Å²) in [6, 6.07) is 6.65. The minimum atomic E-state index is 0.203. The zero-order chi connectivity index (χ0) is 14.8. The maximum Gasteiger partial charge on any atom is 0.0459 e. The van der Waals surface area contributed by atoms with E-state index in [9.17, 15) is 0 Å². The molecule has 1 fully saturated rings. The van der Waals surface area contributed by atoms with Crippen LogP contribution in [0.15, 0.2) is 18.2 Å². The quantitative estimate of drug-likeness (QED) is 0.899. The molecule has 0 radical (unpaired) electrons. The first-order valence-corrected chi connectivity index (χ1v) is 8.08. The van der Waals surface area contributed by atoms with E-state index in [0.717, 1.165) is 31.0 Å². The topological polar surface area (TPSA) is 29.3 Å². The summed E-state index contributed by atoms with van der Waals surface area (Å²) in [5.41, 5.74) is 8.91. The van der Waals surface area contributed by atoms with Crippen molar-refractivity contribution in [2.45, 2.75) is 52.5 Å². The molecule has 3 heteroatoms. The van der Waals surface area contributed by atoms with Crippen LogP contribution in [0.3, 0.4) is 0 Å². The Balaban J connectivity index is 2.06. The Morgan fingerprint density at radius 2 is 1.95 bits per heavy atom. The number of anilines is 1. The van der Waals surface area contributed by atoms with Gasteiger partial charge in [-0.2, -0.15) is 0 Å². The summed E-state index contributed by atoms with van der Waals surface area (Å²) >= 11 is 6.42. The van der Waals surface area contributed by atoms with E-state index in [1.54, 1.807) is 0 Å². The van der Waals surface area contributed by atoms with Crippen LogP contribution in [0.4, 0.5) is 5.69 Å². The van der Waals surface area contributed by atoms with Crippen molar-refractivity contribution in [1.82, 2.24) is 0 Å². The molecule has 1 unspecified atom stereocenters. The van der Waals surface area contributed by atoms with Crippen LogP contribution in [-0.4, -0.2) is 19.1 Å². The lowest BCUT2D eigenvalue weighted by molar-refractivity contribution is 0.280. The third kappa shape index (κ3) is 3.89. The smallest absolute Gasteiger partial charge is 0.0459 e. The van der Waals surface area contributed by atoms with Crippen molar-refractivity contribution < 1.29 is 0 Å². The first-order valence-electron chi connectivity index (χ1n) is 7.70. The molecule has 1 aliphatic heterocycles. The Bertz CT molecular complexity index is 446. The van der Waals surface area contributed by atoms with E-state index in [1.165, 1.54) is 24.1 Å². The van der Waals surface area contributed by atoms with Crippen LogP contribution in [0.1, 0.15) is 45.6 Å². The normalized spacial score (nSPS) is 19.9. The van der Waals surface area contributed by atoms with Crippen LogP contribution in [0.2, 0.25) is 5.02 Å². The second-order valence-corrected chi connectivity index (χ2v) is 7.21. The van der Waals surface area contributed by atoms with Crippen molar-refractivity contribution in [2.75, 3.05) is 18.0 Å². The lowest BCUT2D eigenvalue weighted by Crippen LogP contribution is -2.37. The highest BCUT2D eigenvalue weighted by molar-refractivity contribution is 6.31. The lowest BCUT2D eigenvalue weighted by Gasteiger charge is -2.38. The number of piperidine rings is 1. The van der Waals surface area contributed by atoms with E-state index in [2.05, 4.69) is 43.9 Å². The van der Waals surface area contributed by atoms with Gasteiger partial charge in [0.15, 0.2) is 0 Å². The number of rotatable bonds is 4. The van der Waals surface area contributed by atoms with Gasteiger partial charge in [0.05, 0.1) is 0 Å². The Labute approximate surface area is 128 Å². The van der Waals surface area contributed by atoms with Gasteiger partial charge in [0.25, 0.3) is 0 Å². The molecule has 0 bridgehead atoms. The number of nitrogens with two attached hydrogens (primary N) is 1. The molecular formula is C17H27ClN2. The fourth-order valence-electron chi connectivity index (χ4n) is 2.70. The molecule has 20 heavy (non-hydrogen) atoms. The van der Waals surface area contributed by atoms with Gasteiger partial charge >= 0.3 is 0 Å². The monoisotopic (exact) mass is 294 g/mol. The van der Waals surface area contributed by atoms with Crippen molar-refractivity contribution in [3.63, 3.8) is 0 Å². The zero-order valence-corrected chi connectivity index (χ0v) is 13.7. The molecule has 1 aromatic rings. The van der Waals surface area contributed by atoms with Crippen LogP contribution in [-0.2, 0) is 6.42 Å². The standard InChI is InChI=1S/C17H27ClN2/c1-4-14(19)11-13-5-6-15(12-16(13)18)20-9-7-17(2,3)8-10-20/h5-6,12,14H,4,7-11,19H2,1-3H3. The molecule has 0 amide bonds. The molecule has 0 saturated carbocycles. The average molecular weight is 295 g/mol. The van der Waals surface area contributed by atoms with Crippen molar-refractivity contribution in [3.8, 4) is 0 Å². The summed E-state index contributed by atoms with van der Waals surface area (Å²) in [5, 5.41) is 0.858. The molecule has 1 atom stereocenters. The third-order valence-electron chi connectivity index (χ3n) is 4.53. The molecule has 0 aromatic heterocycles. The number of hydrogen-bond acceptors (Lipinski definition) is 2.